The lowest BCUT2D eigenvalue weighted by Gasteiger charge is -2.14. The molecule has 0 atom stereocenters. The average molecular weight is 273 g/mol. The van der Waals surface area contributed by atoms with E-state index in [2.05, 4.69) is 10.2 Å². The fourth-order valence-corrected chi connectivity index (χ4v) is 3.30. The van der Waals surface area contributed by atoms with Gasteiger partial charge in [-0.1, -0.05) is 11.6 Å². The Bertz CT molecular complexity index is 399. The van der Waals surface area contributed by atoms with Crippen molar-refractivity contribution < 1.29 is 4.79 Å². The van der Waals surface area contributed by atoms with Crippen LogP contribution < -0.4 is 5.32 Å². The van der Waals surface area contributed by atoms with Gasteiger partial charge in [-0.25, -0.2) is 0 Å². The maximum absolute atomic E-state index is 11.8. The Kier molecular flexibility index (Phi) is 4.42. The van der Waals surface area contributed by atoms with E-state index in [1.807, 2.05) is 13.0 Å². The van der Waals surface area contributed by atoms with Gasteiger partial charge >= 0.3 is 0 Å². The number of carbonyl (C=O) groups excluding carboxylic acids is 1. The lowest BCUT2D eigenvalue weighted by Crippen LogP contribution is -2.33. The number of hydrogen-bond donors (Lipinski definition) is 1. The lowest BCUT2D eigenvalue weighted by atomic mass is 10.3. The van der Waals surface area contributed by atoms with E-state index in [-0.39, 0.29) is 5.91 Å². The second-order valence-corrected chi connectivity index (χ2v) is 6.21. The molecule has 0 unspecified atom stereocenters. The number of halogens is 1. The number of aryl methyl sites for hydroxylation is 1. The van der Waals surface area contributed by atoms with Crippen molar-refractivity contribution in [1.29, 1.82) is 0 Å². The Morgan fingerprint density at radius 1 is 1.53 bits per heavy atom. The molecular formula is C12H17ClN2OS. The van der Waals surface area contributed by atoms with Gasteiger partial charge in [-0.3, -0.25) is 4.79 Å². The Morgan fingerprint density at radius 3 is 2.82 bits per heavy atom. The highest BCUT2D eigenvalue weighted by atomic mass is 35.5. The zero-order chi connectivity index (χ0) is 12.3. The number of amides is 1. The van der Waals surface area contributed by atoms with Crippen LogP contribution in [0.3, 0.4) is 0 Å². The van der Waals surface area contributed by atoms with Crippen molar-refractivity contribution in [1.82, 2.24) is 10.2 Å². The first kappa shape index (κ1) is 12.9. The molecular weight excluding hydrogens is 256 g/mol. The Balaban J connectivity index is 1.78. The molecule has 94 valence electrons. The van der Waals surface area contributed by atoms with Crippen LogP contribution in [0.2, 0.25) is 4.34 Å². The summed E-state index contributed by atoms with van der Waals surface area (Å²) in [5.74, 6) is -0.0569. The summed E-state index contributed by atoms with van der Waals surface area (Å²) < 4.78 is 0.584. The highest BCUT2D eigenvalue weighted by Gasteiger charge is 2.14. The standard InChI is InChI=1S/C12H17ClN2OS/c1-9-8-10(11(13)17-9)12(16)14-4-7-15-5-2-3-6-15/h8H,2-7H2,1H3,(H,14,16). The number of nitrogens with one attached hydrogen (secondary N) is 1. The van der Waals surface area contributed by atoms with Crippen LogP contribution in [0.15, 0.2) is 6.07 Å². The van der Waals surface area contributed by atoms with Crippen LogP contribution >= 0.6 is 22.9 Å². The zero-order valence-electron chi connectivity index (χ0n) is 9.96. The number of rotatable bonds is 4. The molecule has 0 aromatic carbocycles. The number of nitrogens with zero attached hydrogens (tertiary/aromatic N) is 1. The van der Waals surface area contributed by atoms with E-state index >= 15 is 0 Å². The second kappa shape index (κ2) is 5.85. The predicted molar refractivity (Wildman–Crippen MR) is 72.1 cm³/mol. The summed E-state index contributed by atoms with van der Waals surface area (Å²) in [6.45, 7) is 5.91. The molecule has 2 heterocycles. The molecule has 0 aliphatic carbocycles. The van der Waals surface area contributed by atoms with Crippen LogP contribution in [0.4, 0.5) is 0 Å². The van der Waals surface area contributed by atoms with Crippen molar-refractivity contribution in [3.63, 3.8) is 0 Å². The largest absolute Gasteiger partial charge is 0.351 e. The van der Waals surface area contributed by atoms with Crippen LogP contribution in [0.5, 0.6) is 0 Å². The van der Waals surface area contributed by atoms with E-state index in [0.717, 1.165) is 24.5 Å². The lowest BCUT2D eigenvalue weighted by molar-refractivity contribution is 0.0950. The van der Waals surface area contributed by atoms with Gasteiger partial charge in [0.1, 0.15) is 4.34 Å². The van der Waals surface area contributed by atoms with Gasteiger partial charge in [0.2, 0.25) is 0 Å². The molecule has 1 aromatic heterocycles. The van der Waals surface area contributed by atoms with Gasteiger partial charge in [0.05, 0.1) is 5.56 Å². The Hall–Kier alpha value is -0.580. The van der Waals surface area contributed by atoms with Crippen LogP contribution in [0, 0.1) is 6.92 Å². The third-order valence-corrected chi connectivity index (χ3v) is 4.24. The highest BCUT2D eigenvalue weighted by molar-refractivity contribution is 7.16. The molecule has 1 N–H and O–H groups in total. The summed E-state index contributed by atoms with van der Waals surface area (Å²) in [4.78, 5) is 15.3. The van der Waals surface area contributed by atoms with Gasteiger partial charge in [0, 0.05) is 18.0 Å². The Morgan fingerprint density at radius 2 is 2.24 bits per heavy atom. The van der Waals surface area contributed by atoms with Crippen LogP contribution in [-0.4, -0.2) is 37.0 Å². The third-order valence-electron chi connectivity index (χ3n) is 2.97. The SMILES string of the molecule is Cc1cc(C(=O)NCCN2CCCC2)c(Cl)s1. The van der Waals surface area contributed by atoms with E-state index < -0.39 is 0 Å². The van der Waals surface area contributed by atoms with Gasteiger partial charge < -0.3 is 10.2 Å². The molecule has 1 saturated heterocycles. The molecule has 1 aliphatic heterocycles. The average Bonchev–Trinajstić information content (AvgIpc) is 2.88. The number of carbonyl (C=O) groups is 1. The first-order valence-electron chi connectivity index (χ1n) is 5.93. The summed E-state index contributed by atoms with van der Waals surface area (Å²) in [7, 11) is 0. The molecule has 1 aliphatic rings. The molecule has 0 spiro atoms. The minimum absolute atomic E-state index is 0.0569. The molecule has 17 heavy (non-hydrogen) atoms. The monoisotopic (exact) mass is 272 g/mol. The maximum Gasteiger partial charge on any atom is 0.253 e. The van der Waals surface area contributed by atoms with Gasteiger partial charge in [0.25, 0.3) is 5.91 Å². The smallest absolute Gasteiger partial charge is 0.253 e. The molecule has 1 aromatic rings. The van der Waals surface area contributed by atoms with E-state index in [0.29, 0.717) is 16.4 Å². The molecule has 5 heteroatoms. The van der Waals surface area contributed by atoms with Crippen LogP contribution in [0.25, 0.3) is 0 Å². The number of likely N-dealkylation sites (tertiary alicyclic amines) is 1. The van der Waals surface area contributed by atoms with Crippen molar-refractivity contribution in [3.05, 3.63) is 20.8 Å². The minimum Gasteiger partial charge on any atom is -0.351 e. The zero-order valence-corrected chi connectivity index (χ0v) is 11.5. The molecule has 0 bridgehead atoms. The molecule has 0 saturated carbocycles. The number of thiophene rings is 1. The summed E-state index contributed by atoms with van der Waals surface area (Å²) in [6.07, 6.45) is 2.56. The topological polar surface area (TPSA) is 32.3 Å². The summed E-state index contributed by atoms with van der Waals surface area (Å²) in [6, 6.07) is 1.85. The van der Waals surface area contributed by atoms with E-state index in [9.17, 15) is 4.79 Å². The van der Waals surface area contributed by atoms with Crippen molar-refractivity contribution in [2.24, 2.45) is 0 Å². The molecule has 1 fully saturated rings. The second-order valence-electron chi connectivity index (χ2n) is 4.35. The van der Waals surface area contributed by atoms with Crippen LogP contribution in [-0.2, 0) is 0 Å². The third kappa shape index (κ3) is 3.44. The van der Waals surface area contributed by atoms with E-state index in [4.69, 9.17) is 11.6 Å². The highest BCUT2D eigenvalue weighted by Crippen LogP contribution is 2.26. The van der Waals surface area contributed by atoms with Gasteiger partial charge in [-0.15, -0.1) is 11.3 Å². The summed E-state index contributed by atoms with van der Waals surface area (Å²) in [5, 5.41) is 2.92. The molecule has 0 radical (unpaired) electrons. The minimum atomic E-state index is -0.0569. The summed E-state index contributed by atoms with van der Waals surface area (Å²) >= 11 is 7.44. The first-order valence-corrected chi connectivity index (χ1v) is 7.13. The molecule has 1 amide bonds. The normalized spacial score (nSPS) is 16.4. The number of hydrogen-bond acceptors (Lipinski definition) is 3. The van der Waals surface area contributed by atoms with E-state index in [1.54, 1.807) is 0 Å². The maximum atomic E-state index is 11.8. The van der Waals surface area contributed by atoms with Crippen molar-refractivity contribution in [2.45, 2.75) is 19.8 Å². The van der Waals surface area contributed by atoms with E-state index in [1.165, 1.54) is 24.2 Å². The van der Waals surface area contributed by atoms with Gasteiger partial charge in [0.15, 0.2) is 0 Å². The first-order chi connectivity index (χ1) is 8.16. The van der Waals surface area contributed by atoms with Crippen molar-refractivity contribution in [3.8, 4) is 0 Å². The Labute approximate surface area is 111 Å². The van der Waals surface area contributed by atoms with Gasteiger partial charge in [-0.2, -0.15) is 0 Å². The quantitative estimate of drug-likeness (QED) is 0.914. The summed E-state index contributed by atoms with van der Waals surface area (Å²) in [5.41, 5.74) is 0.607. The molecule has 2 rings (SSSR count). The van der Waals surface area contributed by atoms with Crippen molar-refractivity contribution >= 4 is 28.8 Å². The van der Waals surface area contributed by atoms with Crippen LogP contribution in [0.1, 0.15) is 28.1 Å². The predicted octanol–water partition coefficient (Wildman–Crippen LogP) is 2.54. The fraction of sp³-hybridized carbons (Fsp3) is 0.583. The van der Waals surface area contributed by atoms with Gasteiger partial charge in [-0.05, 0) is 38.9 Å². The molecule has 3 nitrogen and oxygen atoms in total. The van der Waals surface area contributed by atoms with Crippen molar-refractivity contribution in [2.75, 3.05) is 26.2 Å². The fourth-order valence-electron chi connectivity index (χ4n) is 2.07.